The third kappa shape index (κ3) is 4.57. The van der Waals surface area contributed by atoms with Crippen molar-refractivity contribution in [2.75, 3.05) is 20.2 Å². The molecular weight excluding hydrogens is 430 g/mol. The lowest BCUT2D eigenvalue weighted by Gasteiger charge is -2.37. The monoisotopic (exact) mass is 459 g/mol. The average molecular weight is 460 g/mol. The van der Waals surface area contributed by atoms with Crippen LogP contribution in [0.3, 0.4) is 0 Å². The Morgan fingerprint density at radius 1 is 1.29 bits per heavy atom. The Hall–Kier alpha value is -3.56. The van der Waals surface area contributed by atoms with E-state index in [0.717, 1.165) is 65.9 Å². The molecule has 0 amide bonds. The van der Waals surface area contributed by atoms with Gasteiger partial charge in [0.2, 0.25) is 5.88 Å². The molecular formula is C25H29N7O2. The molecule has 34 heavy (non-hydrogen) atoms. The lowest BCUT2D eigenvalue weighted by atomic mass is 9.96. The highest BCUT2D eigenvalue weighted by atomic mass is 16.5. The summed E-state index contributed by atoms with van der Waals surface area (Å²) in [7, 11) is 3.55. The zero-order valence-electron chi connectivity index (χ0n) is 19.4. The molecule has 0 aliphatic carbocycles. The number of carbonyl (C=O) groups is 1. The largest absolute Gasteiger partial charge is 0.480 e. The van der Waals surface area contributed by atoms with Crippen molar-refractivity contribution in [3.8, 4) is 17.1 Å². The summed E-state index contributed by atoms with van der Waals surface area (Å²) in [6.07, 6.45) is 6.56. The van der Waals surface area contributed by atoms with Crippen LogP contribution in [0.5, 0.6) is 5.88 Å². The number of likely N-dealkylation sites (tertiary alicyclic amines) is 1. The molecule has 1 aliphatic rings. The minimum Gasteiger partial charge on any atom is -0.480 e. The van der Waals surface area contributed by atoms with Crippen LogP contribution in [0.4, 0.5) is 0 Å². The van der Waals surface area contributed by atoms with E-state index in [1.807, 2.05) is 54.5 Å². The molecule has 4 aromatic rings. The molecule has 2 atom stereocenters. The number of nitrogens with one attached hydrogen (secondary N) is 2. The zero-order chi connectivity index (χ0) is 23.5. The van der Waals surface area contributed by atoms with Gasteiger partial charge in [-0.1, -0.05) is 18.2 Å². The van der Waals surface area contributed by atoms with Crippen LogP contribution in [0.15, 0.2) is 48.8 Å². The fraction of sp³-hybridized carbons (Fsp3) is 0.360. The van der Waals surface area contributed by atoms with Crippen LogP contribution in [0.25, 0.3) is 22.2 Å². The molecule has 9 nitrogen and oxygen atoms in total. The smallest absolute Gasteiger partial charge is 0.223 e. The van der Waals surface area contributed by atoms with Gasteiger partial charge in [0.15, 0.2) is 0 Å². The number of benzene rings is 1. The van der Waals surface area contributed by atoms with Gasteiger partial charge in [0.25, 0.3) is 0 Å². The first kappa shape index (κ1) is 22.2. The van der Waals surface area contributed by atoms with E-state index in [-0.39, 0.29) is 6.04 Å². The van der Waals surface area contributed by atoms with Crippen LogP contribution in [0.1, 0.15) is 30.4 Å². The van der Waals surface area contributed by atoms with Crippen molar-refractivity contribution in [2.24, 2.45) is 7.05 Å². The molecule has 0 unspecified atom stereocenters. The maximum atomic E-state index is 11.4. The van der Waals surface area contributed by atoms with Crippen LogP contribution >= 0.6 is 0 Å². The van der Waals surface area contributed by atoms with Crippen molar-refractivity contribution in [3.63, 3.8) is 0 Å². The van der Waals surface area contributed by atoms with Crippen molar-refractivity contribution >= 4 is 17.2 Å². The number of fused-ring (bicyclic) bond motifs is 1. The van der Waals surface area contributed by atoms with E-state index in [1.165, 1.54) is 0 Å². The fourth-order valence-electron chi connectivity index (χ4n) is 4.69. The van der Waals surface area contributed by atoms with Crippen LogP contribution in [-0.4, -0.2) is 62.2 Å². The summed E-state index contributed by atoms with van der Waals surface area (Å²) in [5.74, 6) is 1.40. The summed E-state index contributed by atoms with van der Waals surface area (Å²) >= 11 is 0. The number of hydrogen-bond donors (Lipinski definition) is 2. The first-order valence-corrected chi connectivity index (χ1v) is 11.5. The molecule has 9 heteroatoms. The first-order valence-electron chi connectivity index (χ1n) is 11.5. The van der Waals surface area contributed by atoms with Gasteiger partial charge in [0.1, 0.15) is 12.1 Å². The van der Waals surface area contributed by atoms with E-state index >= 15 is 0 Å². The van der Waals surface area contributed by atoms with E-state index < -0.39 is 0 Å². The van der Waals surface area contributed by atoms with Gasteiger partial charge in [-0.15, -0.1) is 0 Å². The second-order valence-corrected chi connectivity index (χ2v) is 8.68. The number of hydrogen-bond acceptors (Lipinski definition) is 7. The minimum atomic E-state index is 0.00773. The highest BCUT2D eigenvalue weighted by molar-refractivity contribution is 5.85. The van der Waals surface area contributed by atoms with Gasteiger partial charge in [0.05, 0.1) is 48.4 Å². The summed E-state index contributed by atoms with van der Waals surface area (Å²) in [4.78, 5) is 26.4. The molecule has 0 saturated carbocycles. The van der Waals surface area contributed by atoms with Crippen molar-refractivity contribution in [1.29, 1.82) is 0 Å². The SMILES string of the molecule is COc1nc2ccccc2cc1-c1cnc([C@@H]2C[C@@H](NCc3ccn(C)n3)CCN2CC=O)[nH]1. The Labute approximate surface area is 198 Å². The lowest BCUT2D eigenvalue weighted by molar-refractivity contribution is -0.109. The number of aromatic amines is 1. The van der Waals surface area contributed by atoms with Crippen LogP contribution in [0, 0.1) is 0 Å². The molecule has 1 aliphatic heterocycles. The maximum Gasteiger partial charge on any atom is 0.223 e. The second kappa shape index (κ2) is 9.74. The topological polar surface area (TPSA) is 101 Å². The molecule has 3 aromatic heterocycles. The number of rotatable bonds is 8. The number of nitrogens with zero attached hydrogens (tertiary/aromatic N) is 5. The maximum absolute atomic E-state index is 11.4. The predicted molar refractivity (Wildman–Crippen MR) is 129 cm³/mol. The molecule has 5 rings (SSSR count). The van der Waals surface area contributed by atoms with Gasteiger partial charge in [-0.3, -0.25) is 9.58 Å². The van der Waals surface area contributed by atoms with Gasteiger partial charge in [0, 0.05) is 37.8 Å². The van der Waals surface area contributed by atoms with Crippen LogP contribution in [-0.2, 0) is 18.4 Å². The molecule has 0 spiro atoms. The van der Waals surface area contributed by atoms with Crippen LogP contribution < -0.4 is 10.1 Å². The number of piperidine rings is 1. The predicted octanol–water partition coefficient (Wildman–Crippen LogP) is 2.86. The van der Waals surface area contributed by atoms with Crippen molar-refractivity contribution in [1.82, 2.24) is 34.9 Å². The normalized spacial score (nSPS) is 18.9. The Bertz CT molecular complexity index is 1280. The Kier molecular flexibility index (Phi) is 6.37. The number of H-pyrrole nitrogens is 1. The third-order valence-electron chi connectivity index (χ3n) is 6.45. The summed E-state index contributed by atoms with van der Waals surface area (Å²) in [6, 6.07) is 12.4. The summed E-state index contributed by atoms with van der Waals surface area (Å²) in [6.45, 7) is 1.92. The highest BCUT2D eigenvalue weighted by Crippen LogP contribution is 2.34. The number of aryl methyl sites for hydroxylation is 1. The molecule has 4 heterocycles. The standard InChI is InChI=1S/C25H29N7O2/c1-31-9-7-19(30-31)15-26-18-8-10-32(11-12-33)23(14-18)24-27-16-22(28-24)20-13-17-5-3-4-6-21(17)29-25(20)34-2/h3-7,9,12-13,16,18,23,26H,8,10-11,14-15H2,1-2H3,(H,27,28)/t18-,23-/m0/s1. The van der Waals surface area contributed by atoms with E-state index in [2.05, 4.69) is 31.3 Å². The first-order chi connectivity index (χ1) is 16.6. The molecule has 0 bridgehead atoms. The number of aromatic nitrogens is 5. The summed E-state index contributed by atoms with van der Waals surface area (Å²) in [5, 5.41) is 9.12. The van der Waals surface area contributed by atoms with E-state index in [4.69, 9.17) is 9.72 Å². The second-order valence-electron chi connectivity index (χ2n) is 8.68. The number of imidazole rings is 1. The number of pyridine rings is 1. The van der Waals surface area contributed by atoms with E-state index in [0.29, 0.717) is 18.5 Å². The molecule has 1 aromatic carbocycles. The van der Waals surface area contributed by atoms with Gasteiger partial charge in [-0.2, -0.15) is 5.10 Å². The van der Waals surface area contributed by atoms with Crippen molar-refractivity contribution < 1.29 is 9.53 Å². The average Bonchev–Trinajstić information content (AvgIpc) is 3.52. The molecule has 1 saturated heterocycles. The van der Waals surface area contributed by atoms with E-state index in [1.54, 1.807) is 7.11 Å². The lowest BCUT2D eigenvalue weighted by Crippen LogP contribution is -2.45. The highest BCUT2D eigenvalue weighted by Gasteiger charge is 2.31. The Balaban J connectivity index is 1.38. The minimum absolute atomic E-state index is 0.00773. The Morgan fingerprint density at radius 2 is 2.18 bits per heavy atom. The summed E-state index contributed by atoms with van der Waals surface area (Å²) in [5.41, 5.74) is 3.61. The van der Waals surface area contributed by atoms with Gasteiger partial charge < -0.3 is 19.8 Å². The van der Waals surface area contributed by atoms with Crippen molar-refractivity contribution in [3.05, 3.63) is 60.3 Å². The molecule has 2 N–H and O–H groups in total. The molecule has 0 radical (unpaired) electrons. The number of carbonyl (C=O) groups excluding carboxylic acids is 1. The molecule has 176 valence electrons. The number of methoxy groups -OCH3 is 1. The number of para-hydroxylation sites is 1. The van der Waals surface area contributed by atoms with E-state index in [9.17, 15) is 4.79 Å². The van der Waals surface area contributed by atoms with Gasteiger partial charge in [-0.25, -0.2) is 9.97 Å². The zero-order valence-corrected chi connectivity index (χ0v) is 19.4. The van der Waals surface area contributed by atoms with Crippen LogP contribution in [0.2, 0.25) is 0 Å². The summed E-state index contributed by atoms with van der Waals surface area (Å²) < 4.78 is 7.39. The third-order valence-corrected chi connectivity index (χ3v) is 6.45. The quantitative estimate of drug-likeness (QED) is 0.391. The molecule has 1 fully saturated rings. The van der Waals surface area contributed by atoms with Gasteiger partial charge >= 0.3 is 0 Å². The number of ether oxygens (including phenoxy) is 1. The van der Waals surface area contributed by atoms with Gasteiger partial charge in [-0.05, 0) is 31.0 Å². The van der Waals surface area contributed by atoms with Crippen molar-refractivity contribution in [2.45, 2.75) is 31.5 Å². The number of aldehydes is 1. The Morgan fingerprint density at radius 3 is 2.97 bits per heavy atom. The fourth-order valence-corrected chi connectivity index (χ4v) is 4.69.